The lowest BCUT2D eigenvalue weighted by atomic mass is 9.79. The Balaban J connectivity index is 0.00000363. The third-order valence-corrected chi connectivity index (χ3v) is 6.82. The van der Waals surface area contributed by atoms with Crippen LogP contribution in [0.1, 0.15) is 70.5 Å². The molecule has 0 atom stereocenters. The zero-order chi connectivity index (χ0) is 21.8. The van der Waals surface area contributed by atoms with Crippen LogP contribution in [0.25, 0.3) is 0 Å². The predicted molar refractivity (Wildman–Crippen MR) is 141 cm³/mol. The summed E-state index contributed by atoms with van der Waals surface area (Å²) in [5, 5.41) is 15.3. The number of hydrogen-bond acceptors (Lipinski definition) is 5. The fraction of sp³-hybridized carbons (Fsp3) is 0.870. The average molecular weight is 562 g/mol. The normalized spacial score (nSPS) is 19.4. The number of halogens is 1. The molecule has 2 N–H and O–H groups in total. The van der Waals surface area contributed by atoms with Gasteiger partial charge in [-0.25, -0.2) is 0 Å². The Labute approximate surface area is 211 Å². The van der Waals surface area contributed by atoms with E-state index in [1.54, 1.807) is 7.11 Å². The summed E-state index contributed by atoms with van der Waals surface area (Å²) in [6.07, 6.45) is 14.4. The summed E-state index contributed by atoms with van der Waals surface area (Å²) in [5.41, 5.74) is 0.253. The van der Waals surface area contributed by atoms with E-state index in [0.717, 1.165) is 57.4 Å². The predicted octanol–water partition coefficient (Wildman–Crippen LogP) is 3.22. The Morgan fingerprint density at radius 3 is 2.53 bits per heavy atom. The van der Waals surface area contributed by atoms with Crippen LogP contribution in [0, 0.1) is 0 Å². The molecule has 0 radical (unpaired) electrons. The van der Waals surface area contributed by atoms with Gasteiger partial charge in [-0.1, -0.05) is 32.6 Å². The molecule has 1 saturated carbocycles. The number of likely N-dealkylation sites (tertiary alicyclic amines) is 1. The van der Waals surface area contributed by atoms with Crippen LogP contribution in [-0.2, 0) is 17.7 Å². The van der Waals surface area contributed by atoms with Crippen molar-refractivity contribution in [1.29, 1.82) is 0 Å². The van der Waals surface area contributed by atoms with Crippen LogP contribution in [0.5, 0.6) is 0 Å². The fourth-order valence-electron chi connectivity index (χ4n) is 5.01. The Morgan fingerprint density at radius 2 is 1.81 bits per heavy atom. The van der Waals surface area contributed by atoms with Gasteiger partial charge in [-0.15, -0.1) is 34.2 Å². The second-order valence-corrected chi connectivity index (χ2v) is 8.99. The number of aromatic nitrogens is 3. The Bertz CT molecular complexity index is 655. The lowest BCUT2D eigenvalue weighted by Gasteiger charge is -2.47. The first-order valence-electron chi connectivity index (χ1n) is 12.4. The van der Waals surface area contributed by atoms with E-state index in [2.05, 4.69) is 37.2 Å². The number of rotatable bonds is 11. The van der Waals surface area contributed by atoms with Crippen molar-refractivity contribution in [3.8, 4) is 0 Å². The topological polar surface area (TPSA) is 79.6 Å². The summed E-state index contributed by atoms with van der Waals surface area (Å²) in [6.45, 7) is 8.76. The van der Waals surface area contributed by atoms with Crippen LogP contribution in [0.4, 0.5) is 0 Å². The molecular weight excluding hydrogens is 517 g/mol. The summed E-state index contributed by atoms with van der Waals surface area (Å²) >= 11 is 0. The maximum absolute atomic E-state index is 5.21. The van der Waals surface area contributed by atoms with Gasteiger partial charge in [0.2, 0.25) is 0 Å². The maximum atomic E-state index is 5.21. The van der Waals surface area contributed by atoms with Gasteiger partial charge in [0.1, 0.15) is 12.2 Å². The molecule has 2 heterocycles. The molecule has 32 heavy (non-hydrogen) atoms. The highest BCUT2D eigenvalue weighted by atomic mass is 127. The van der Waals surface area contributed by atoms with Gasteiger partial charge in [0, 0.05) is 45.3 Å². The molecule has 2 fully saturated rings. The second-order valence-electron chi connectivity index (χ2n) is 8.99. The third kappa shape index (κ3) is 8.13. The number of aryl methyl sites for hydroxylation is 1. The second kappa shape index (κ2) is 15.1. The molecule has 1 aromatic heterocycles. The van der Waals surface area contributed by atoms with Crippen LogP contribution >= 0.6 is 24.0 Å². The van der Waals surface area contributed by atoms with Gasteiger partial charge >= 0.3 is 0 Å². The molecule has 1 saturated heterocycles. The highest BCUT2D eigenvalue weighted by Crippen LogP contribution is 2.35. The molecule has 1 aliphatic carbocycles. The minimum atomic E-state index is 0. The van der Waals surface area contributed by atoms with Gasteiger partial charge in [0.15, 0.2) is 5.96 Å². The smallest absolute Gasteiger partial charge is 0.191 e. The molecule has 2 aliphatic rings. The summed E-state index contributed by atoms with van der Waals surface area (Å²) in [6, 6.07) is 0. The Hall–Kier alpha value is -0.940. The van der Waals surface area contributed by atoms with E-state index in [-0.39, 0.29) is 29.5 Å². The molecule has 9 heteroatoms. The quantitative estimate of drug-likeness (QED) is 0.187. The SMILES string of the molecule is CCc1nncn1CCNC(=NCC1(N2CCCCC2)CCCCC1)NCCCOC.I. The van der Waals surface area contributed by atoms with E-state index in [1.165, 1.54) is 64.5 Å². The van der Waals surface area contributed by atoms with Crippen molar-refractivity contribution in [2.45, 2.75) is 83.2 Å². The molecule has 3 rings (SSSR count). The van der Waals surface area contributed by atoms with Gasteiger partial charge in [-0.3, -0.25) is 9.89 Å². The van der Waals surface area contributed by atoms with E-state index in [9.17, 15) is 0 Å². The summed E-state index contributed by atoms with van der Waals surface area (Å²) in [5.74, 6) is 1.95. The van der Waals surface area contributed by atoms with Gasteiger partial charge in [-0.2, -0.15) is 0 Å². The molecule has 1 aliphatic heterocycles. The van der Waals surface area contributed by atoms with Crippen molar-refractivity contribution < 1.29 is 4.74 Å². The number of hydrogen-bond donors (Lipinski definition) is 2. The van der Waals surface area contributed by atoms with Crippen molar-refractivity contribution in [3.05, 3.63) is 12.2 Å². The first kappa shape index (κ1) is 27.3. The number of ether oxygens (including phenoxy) is 1. The van der Waals surface area contributed by atoms with E-state index in [0.29, 0.717) is 0 Å². The van der Waals surface area contributed by atoms with Crippen LogP contribution < -0.4 is 10.6 Å². The summed E-state index contributed by atoms with van der Waals surface area (Å²) in [7, 11) is 1.75. The van der Waals surface area contributed by atoms with Gasteiger partial charge in [-0.05, 0) is 45.2 Å². The largest absolute Gasteiger partial charge is 0.385 e. The number of piperidine rings is 1. The number of nitrogens with zero attached hydrogens (tertiary/aromatic N) is 5. The van der Waals surface area contributed by atoms with Crippen LogP contribution in [0.2, 0.25) is 0 Å². The molecule has 0 spiro atoms. The molecule has 8 nitrogen and oxygen atoms in total. The molecule has 0 bridgehead atoms. The lowest BCUT2D eigenvalue weighted by molar-refractivity contribution is 0.0407. The third-order valence-electron chi connectivity index (χ3n) is 6.82. The van der Waals surface area contributed by atoms with Gasteiger partial charge < -0.3 is 19.9 Å². The molecule has 0 amide bonds. The van der Waals surface area contributed by atoms with E-state index < -0.39 is 0 Å². The monoisotopic (exact) mass is 561 g/mol. The molecule has 1 aromatic rings. The minimum absolute atomic E-state index is 0. The maximum Gasteiger partial charge on any atom is 0.191 e. The summed E-state index contributed by atoms with van der Waals surface area (Å²) in [4.78, 5) is 7.90. The lowest BCUT2D eigenvalue weighted by Crippen LogP contribution is -2.54. The van der Waals surface area contributed by atoms with Crippen molar-refractivity contribution in [3.63, 3.8) is 0 Å². The zero-order valence-corrected chi connectivity index (χ0v) is 22.5. The number of guanidine groups is 1. The van der Waals surface area contributed by atoms with E-state index >= 15 is 0 Å². The highest BCUT2D eigenvalue weighted by Gasteiger charge is 2.38. The average Bonchev–Trinajstić information content (AvgIpc) is 3.28. The zero-order valence-electron chi connectivity index (χ0n) is 20.2. The van der Waals surface area contributed by atoms with Crippen molar-refractivity contribution in [1.82, 2.24) is 30.3 Å². The van der Waals surface area contributed by atoms with Crippen molar-refractivity contribution >= 4 is 29.9 Å². The summed E-state index contributed by atoms with van der Waals surface area (Å²) < 4.78 is 7.32. The van der Waals surface area contributed by atoms with Crippen molar-refractivity contribution in [2.24, 2.45) is 4.99 Å². The van der Waals surface area contributed by atoms with Crippen LogP contribution in [0.3, 0.4) is 0 Å². The first-order chi connectivity index (χ1) is 15.3. The Morgan fingerprint density at radius 1 is 1.09 bits per heavy atom. The molecule has 0 unspecified atom stereocenters. The van der Waals surface area contributed by atoms with Gasteiger partial charge in [0.25, 0.3) is 0 Å². The standard InChI is InChI=1S/C23H43N7O.HI/c1-3-21-28-27-20-29(21)17-14-25-22(24-13-10-18-31-2)26-19-23(11-6-4-7-12-23)30-15-8-5-9-16-30;/h20H,3-19H2,1-2H3,(H2,24,25,26);1H. The number of aliphatic imine (C=N–C) groups is 1. The molecular formula is C23H44IN7O. The highest BCUT2D eigenvalue weighted by molar-refractivity contribution is 14.0. The number of methoxy groups -OCH3 is 1. The number of nitrogens with one attached hydrogen (secondary N) is 2. The minimum Gasteiger partial charge on any atom is -0.385 e. The van der Waals surface area contributed by atoms with Crippen LogP contribution in [0.15, 0.2) is 11.3 Å². The van der Waals surface area contributed by atoms with Crippen molar-refractivity contribution in [2.75, 3.05) is 46.4 Å². The van der Waals surface area contributed by atoms with Gasteiger partial charge in [0.05, 0.1) is 6.54 Å². The fourth-order valence-corrected chi connectivity index (χ4v) is 5.01. The van der Waals surface area contributed by atoms with Crippen LogP contribution in [-0.4, -0.2) is 77.6 Å². The Kier molecular flexibility index (Phi) is 12.8. The molecule has 0 aromatic carbocycles. The first-order valence-corrected chi connectivity index (χ1v) is 12.4. The molecule has 184 valence electrons. The van der Waals surface area contributed by atoms with E-state index in [4.69, 9.17) is 9.73 Å². The van der Waals surface area contributed by atoms with E-state index in [1.807, 2.05) is 6.33 Å².